The first kappa shape index (κ1) is 19.5. The van der Waals surface area contributed by atoms with Crippen molar-refractivity contribution in [2.24, 2.45) is 5.92 Å². The van der Waals surface area contributed by atoms with Crippen molar-refractivity contribution >= 4 is 34.2 Å². The number of nitrogens with zero attached hydrogens (tertiary/aromatic N) is 1. The molecule has 0 amide bonds. The van der Waals surface area contributed by atoms with E-state index in [2.05, 4.69) is 32.8 Å². The van der Waals surface area contributed by atoms with Gasteiger partial charge in [0, 0.05) is 17.7 Å². The highest BCUT2D eigenvalue weighted by Crippen LogP contribution is 2.38. The Morgan fingerprint density at radius 2 is 1.89 bits per heavy atom. The lowest BCUT2D eigenvalue weighted by Crippen LogP contribution is -2.56. The number of carbonyl (C=O) groups is 1. The van der Waals surface area contributed by atoms with Gasteiger partial charge in [0.1, 0.15) is 11.9 Å². The fraction of sp³-hybridized carbons (Fsp3) is 0.409. The molecule has 2 aromatic rings. The van der Waals surface area contributed by atoms with E-state index in [1.165, 1.54) is 0 Å². The fourth-order valence-corrected chi connectivity index (χ4v) is 5.38. The van der Waals surface area contributed by atoms with Crippen LogP contribution in [0.2, 0.25) is 0 Å². The predicted molar refractivity (Wildman–Crippen MR) is 118 cm³/mol. The highest BCUT2D eigenvalue weighted by Gasteiger charge is 2.44. The SMILES string of the molecule is COc1cccc(NC(C(=O)OC2C3CCN(CC3)C2I)c2ccccc2)c1. The van der Waals surface area contributed by atoms with E-state index in [0.717, 1.165) is 42.9 Å². The van der Waals surface area contributed by atoms with Gasteiger partial charge in [0.2, 0.25) is 0 Å². The molecule has 0 aromatic heterocycles. The fourth-order valence-electron chi connectivity index (χ4n) is 4.08. The minimum atomic E-state index is -0.563. The maximum atomic E-state index is 13.3. The van der Waals surface area contributed by atoms with E-state index in [1.54, 1.807) is 7.11 Å². The van der Waals surface area contributed by atoms with Gasteiger partial charge in [-0.15, -0.1) is 0 Å². The van der Waals surface area contributed by atoms with Gasteiger partial charge in [-0.25, -0.2) is 4.79 Å². The van der Waals surface area contributed by atoms with Crippen molar-refractivity contribution in [3.63, 3.8) is 0 Å². The summed E-state index contributed by atoms with van der Waals surface area (Å²) in [5.74, 6) is 0.980. The van der Waals surface area contributed by atoms with Crippen molar-refractivity contribution in [1.29, 1.82) is 0 Å². The minimum absolute atomic E-state index is 0.0473. The quantitative estimate of drug-likeness (QED) is 0.283. The summed E-state index contributed by atoms with van der Waals surface area (Å²) in [4.78, 5) is 15.7. The minimum Gasteiger partial charge on any atom is -0.497 e. The van der Waals surface area contributed by atoms with Gasteiger partial charge in [0.15, 0.2) is 6.04 Å². The topological polar surface area (TPSA) is 50.8 Å². The number of esters is 1. The number of hydrogen-bond acceptors (Lipinski definition) is 5. The molecule has 3 aliphatic heterocycles. The van der Waals surface area contributed by atoms with Gasteiger partial charge < -0.3 is 14.8 Å². The second-order valence-corrected chi connectivity index (χ2v) is 8.64. The number of benzene rings is 2. The summed E-state index contributed by atoms with van der Waals surface area (Å²) in [5.41, 5.74) is 1.71. The molecule has 0 spiro atoms. The Morgan fingerprint density at radius 1 is 1.14 bits per heavy atom. The highest BCUT2D eigenvalue weighted by molar-refractivity contribution is 14.1. The summed E-state index contributed by atoms with van der Waals surface area (Å²) in [6, 6.07) is 16.8. The number of methoxy groups -OCH3 is 1. The molecule has 148 valence electrons. The molecule has 0 saturated carbocycles. The Bertz CT molecular complexity index is 806. The largest absolute Gasteiger partial charge is 0.497 e. The van der Waals surface area contributed by atoms with Crippen molar-refractivity contribution in [1.82, 2.24) is 4.90 Å². The lowest BCUT2D eigenvalue weighted by molar-refractivity contribution is -0.161. The molecule has 0 radical (unpaired) electrons. The average molecular weight is 492 g/mol. The number of hydrogen-bond donors (Lipinski definition) is 1. The number of piperidine rings is 3. The molecule has 5 rings (SSSR count). The van der Waals surface area contributed by atoms with Crippen molar-refractivity contribution < 1.29 is 14.3 Å². The molecule has 6 heteroatoms. The van der Waals surface area contributed by atoms with E-state index in [1.807, 2.05) is 54.6 Å². The van der Waals surface area contributed by atoms with Gasteiger partial charge in [-0.05, 0) is 43.6 Å². The molecular weight excluding hydrogens is 467 g/mol. The number of ether oxygens (including phenoxy) is 2. The van der Waals surface area contributed by atoms with Crippen LogP contribution in [0.1, 0.15) is 24.4 Å². The molecule has 3 atom stereocenters. The van der Waals surface area contributed by atoms with Crippen molar-refractivity contribution in [3.8, 4) is 5.75 Å². The summed E-state index contributed by atoms with van der Waals surface area (Å²) in [7, 11) is 1.63. The van der Waals surface area contributed by atoms with Crippen molar-refractivity contribution in [3.05, 3.63) is 60.2 Å². The highest BCUT2D eigenvalue weighted by atomic mass is 127. The zero-order chi connectivity index (χ0) is 19.5. The van der Waals surface area contributed by atoms with Crippen LogP contribution >= 0.6 is 22.6 Å². The average Bonchev–Trinajstić information content (AvgIpc) is 2.75. The Hall–Kier alpha value is -1.80. The van der Waals surface area contributed by atoms with Crippen LogP contribution in [0.5, 0.6) is 5.75 Å². The number of nitrogens with one attached hydrogen (secondary N) is 1. The predicted octanol–water partition coefficient (Wildman–Crippen LogP) is 4.25. The van der Waals surface area contributed by atoms with Gasteiger partial charge in [0.05, 0.1) is 11.2 Å². The molecule has 5 nitrogen and oxygen atoms in total. The summed E-state index contributed by atoms with van der Waals surface area (Å²) >= 11 is 2.43. The van der Waals surface area contributed by atoms with Gasteiger partial charge in [0.25, 0.3) is 0 Å². The number of halogens is 1. The van der Waals surface area contributed by atoms with E-state index in [0.29, 0.717) is 5.92 Å². The van der Waals surface area contributed by atoms with E-state index >= 15 is 0 Å². The second kappa shape index (κ2) is 8.69. The van der Waals surface area contributed by atoms with Crippen LogP contribution in [0.15, 0.2) is 54.6 Å². The van der Waals surface area contributed by atoms with Crippen molar-refractivity contribution in [2.75, 3.05) is 25.5 Å². The Balaban J connectivity index is 1.55. The van der Waals surface area contributed by atoms with Crippen LogP contribution in [0.25, 0.3) is 0 Å². The lowest BCUT2D eigenvalue weighted by atomic mass is 9.86. The molecular formula is C22H25IN2O3. The molecule has 2 bridgehead atoms. The van der Waals surface area contributed by atoms with E-state index < -0.39 is 6.04 Å². The first-order valence-electron chi connectivity index (χ1n) is 9.70. The first-order valence-corrected chi connectivity index (χ1v) is 10.9. The van der Waals surface area contributed by atoms with Gasteiger partial charge >= 0.3 is 5.97 Å². The second-order valence-electron chi connectivity index (χ2n) is 7.37. The maximum absolute atomic E-state index is 13.3. The number of alkyl halides is 1. The van der Waals surface area contributed by atoms with Crippen LogP contribution in [0.3, 0.4) is 0 Å². The number of rotatable bonds is 6. The molecule has 3 saturated heterocycles. The zero-order valence-electron chi connectivity index (χ0n) is 15.9. The molecule has 3 aliphatic rings. The normalized spacial score (nSPS) is 27.1. The van der Waals surface area contributed by atoms with E-state index in [-0.39, 0.29) is 16.1 Å². The van der Waals surface area contributed by atoms with E-state index in [4.69, 9.17) is 9.47 Å². The standard InChI is InChI=1S/C22H25IN2O3/c1-27-18-9-5-8-17(14-18)24-19(15-6-3-2-4-7-15)22(26)28-20-16-10-12-25(13-11-16)21(20)23/h2-9,14,16,19-21,24H,10-13H2,1H3. The Labute approximate surface area is 179 Å². The molecule has 0 aliphatic carbocycles. The third kappa shape index (κ3) is 4.12. The molecule has 3 heterocycles. The smallest absolute Gasteiger partial charge is 0.333 e. The summed E-state index contributed by atoms with van der Waals surface area (Å²) in [6.45, 7) is 2.22. The van der Waals surface area contributed by atoms with Crippen molar-refractivity contribution in [2.45, 2.75) is 29.0 Å². The Morgan fingerprint density at radius 3 is 2.57 bits per heavy atom. The Kier molecular flexibility index (Phi) is 6.06. The van der Waals surface area contributed by atoms with Crippen LogP contribution < -0.4 is 10.1 Å². The first-order chi connectivity index (χ1) is 13.7. The van der Waals surface area contributed by atoms with Crippen LogP contribution in [0, 0.1) is 5.92 Å². The third-order valence-electron chi connectivity index (χ3n) is 5.66. The number of anilines is 1. The summed E-state index contributed by atoms with van der Waals surface area (Å²) < 4.78 is 11.7. The molecule has 2 aromatic carbocycles. The monoisotopic (exact) mass is 492 g/mol. The van der Waals surface area contributed by atoms with Crippen LogP contribution in [0.4, 0.5) is 5.69 Å². The van der Waals surface area contributed by atoms with Gasteiger partial charge in [-0.1, -0.05) is 59.0 Å². The summed E-state index contributed by atoms with van der Waals surface area (Å²) in [5, 5.41) is 3.35. The van der Waals surface area contributed by atoms with Crippen LogP contribution in [-0.2, 0) is 9.53 Å². The molecule has 3 fully saturated rings. The lowest BCUT2D eigenvalue weighted by Gasteiger charge is -2.48. The van der Waals surface area contributed by atoms with E-state index in [9.17, 15) is 4.79 Å². The van der Waals surface area contributed by atoms with Gasteiger partial charge in [-0.3, -0.25) is 4.90 Å². The van der Waals surface area contributed by atoms with Gasteiger partial charge in [-0.2, -0.15) is 0 Å². The molecule has 28 heavy (non-hydrogen) atoms. The third-order valence-corrected chi connectivity index (χ3v) is 7.16. The summed E-state index contributed by atoms with van der Waals surface area (Å²) in [6.07, 6.45) is 2.17. The zero-order valence-corrected chi connectivity index (χ0v) is 18.0. The number of carbonyl (C=O) groups excluding carboxylic acids is 1. The molecule has 3 unspecified atom stereocenters. The van der Waals surface area contributed by atoms with Crippen LogP contribution in [-0.4, -0.2) is 41.2 Å². The molecule has 1 N–H and O–H groups in total. The maximum Gasteiger partial charge on any atom is 0.333 e. The number of fused-ring (bicyclic) bond motifs is 3.